The van der Waals surface area contributed by atoms with Crippen LogP contribution in [0.3, 0.4) is 0 Å². The maximum absolute atomic E-state index is 12.3. The maximum Gasteiger partial charge on any atom is 0.248 e. The molecule has 0 aliphatic carbocycles. The molecule has 2 aliphatic heterocycles. The Morgan fingerprint density at radius 3 is 2.51 bits per heavy atom. The van der Waals surface area contributed by atoms with E-state index >= 15 is 0 Å². The van der Waals surface area contributed by atoms with E-state index in [0.717, 1.165) is 58.2 Å². The van der Waals surface area contributed by atoms with Gasteiger partial charge < -0.3 is 25.6 Å². The summed E-state index contributed by atoms with van der Waals surface area (Å²) in [5.74, 6) is 1.04. The van der Waals surface area contributed by atoms with Crippen molar-refractivity contribution in [1.29, 1.82) is 0 Å². The Labute approximate surface area is 233 Å². The third-order valence-corrected chi connectivity index (χ3v) is 8.82. The van der Waals surface area contributed by atoms with E-state index in [1.54, 1.807) is 24.0 Å². The monoisotopic (exact) mass is 592 g/mol. The second-order valence-electron chi connectivity index (χ2n) is 10.1. The summed E-state index contributed by atoms with van der Waals surface area (Å²) in [7, 11) is 1.58. The molecule has 2 aliphatic rings. The zero-order chi connectivity index (χ0) is 27.3. The largest absolute Gasteiger partial charge is 0.496 e. The summed E-state index contributed by atoms with van der Waals surface area (Å²) in [5.41, 5.74) is 12.0. The molecule has 0 radical (unpaired) electrons. The minimum atomic E-state index is -0.453. The van der Waals surface area contributed by atoms with Gasteiger partial charge in [0.1, 0.15) is 18.2 Å². The number of carbonyl (C=O) groups excluding carboxylic acids is 1. The number of rotatable bonds is 6. The average molecular weight is 593 g/mol. The highest BCUT2D eigenvalue weighted by molar-refractivity contribution is 9.10. The number of nitrogens with zero attached hydrogens (tertiary/aromatic N) is 5. The number of carbonyl (C=O) groups is 1. The number of aliphatic hydroxyl groups excluding tert-OH is 2. The number of halogens is 1. The van der Waals surface area contributed by atoms with E-state index in [2.05, 4.69) is 26.0 Å². The minimum absolute atomic E-state index is 0.102. The number of aromatic nitrogens is 4. The average Bonchev–Trinajstić information content (AvgIpc) is 3.52. The standard InChI is InChI=1S/C28H29BrN6O4/c1-39-23-7-3-15(8-18(23)13-36)22-6-2-16(11-31-22)21-12-32-35-27(30)25(29)26(33-28(21)35)17-9-19-4-5-20(10-17)34(19)24(38)14-37/h2-3,6-8,11-12,17,19-20,36-37H,4-5,9-10,13-14,30H2,1H3/t17-,19-,20+. The van der Waals surface area contributed by atoms with E-state index in [4.69, 9.17) is 15.5 Å². The lowest BCUT2D eigenvalue weighted by atomic mass is 9.87. The van der Waals surface area contributed by atoms with Crippen LogP contribution in [0.1, 0.15) is 42.9 Å². The van der Waals surface area contributed by atoms with Gasteiger partial charge in [0.05, 0.1) is 35.8 Å². The topological polar surface area (TPSA) is 139 Å². The van der Waals surface area contributed by atoms with E-state index in [9.17, 15) is 15.0 Å². The van der Waals surface area contributed by atoms with Gasteiger partial charge in [0.15, 0.2) is 5.65 Å². The van der Waals surface area contributed by atoms with Gasteiger partial charge in [-0.1, -0.05) is 6.07 Å². The van der Waals surface area contributed by atoms with Crippen molar-refractivity contribution in [3.63, 3.8) is 0 Å². The molecule has 6 rings (SSSR count). The Bertz CT molecular complexity index is 1540. The summed E-state index contributed by atoms with van der Waals surface area (Å²) in [6, 6.07) is 9.71. The van der Waals surface area contributed by atoms with Crippen molar-refractivity contribution in [3.8, 4) is 28.1 Å². The second-order valence-corrected chi connectivity index (χ2v) is 10.9. The Balaban J connectivity index is 1.33. The molecule has 11 heteroatoms. The molecule has 2 bridgehead atoms. The molecule has 0 spiro atoms. The second kappa shape index (κ2) is 10.2. The van der Waals surface area contributed by atoms with Gasteiger partial charge in [-0.15, -0.1) is 0 Å². The number of benzene rings is 1. The van der Waals surface area contributed by atoms with Crippen LogP contribution in [-0.4, -0.2) is 66.4 Å². The smallest absolute Gasteiger partial charge is 0.248 e. The van der Waals surface area contributed by atoms with Crippen LogP contribution in [0.2, 0.25) is 0 Å². The van der Waals surface area contributed by atoms with Gasteiger partial charge in [-0.05, 0) is 65.9 Å². The van der Waals surface area contributed by atoms with E-state index < -0.39 is 6.61 Å². The molecule has 10 nitrogen and oxygen atoms in total. The molecule has 5 heterocycles. The molecule has 4 aromatic rings. The maximum atomic E-state index is 12.3. The van der Waals surface area contributed by atoms with Crippen LogP contribution in [0.5, 0.6) is 5.75 Å². The number of ether oxygens (including phenoxy) is 1. The molecule has 39 heavy (non-hydrogen) atoms. The minimum Gasteiger partial charge on any atom is -0.496 e. The van der Waals surface area contributed by atoms with Crippen molar-refractivity contribution in [2.75, 3.05) is 19.5 Å². The van der Waals surface area contributed by atoms with Crippen LogP contribution in [0.15, 0.2) is 47.2 Å². The van der Waals surface area contributed by atoms with Crippen LogP contribution in [0, 0.1) is 0 Å². The van der Waals surface area contributed by atoms with Crippen molar-refractivity contribution in [1.82, 2.24) is 24.5 Å². The van der Waals surface area contributed by atoms with Gasteiger partial charge in [0.2, 0.25) is 5.91 Å². The Hall–Kier alpha value is -3.54. The number of nitrogen functional groups attached to an aromatic ring is 1. The lowest BCUT2D eigenvalue weighted by molar-refractivity contribution is -0.138. The van der Waals surface area contributed by atoms with Gasteiger partial charge in [-0.25, -0.2) is 4.98 Å². The first-order chi connectivity index (χ1) is 18.9. The fourth-order valence-corrected chi connectivity index (χ4v) is 6.74. The number of amides is 1. The zero-order valence-corrected chi connectivity index (χ0v) is 23.0. The van der Waals surface area contributed by atoms with Crippen molar-refractivity contribution < 1.29 is 19.7 Å². The number of methoxy groups -OCH3 is 1. The summed E-state index contributed by atoms with van der Waals surface area (Å²) in [6.45, 7) is -0.577. The van der Waals surface area contributed by atoms with Gasteiger partial charge in [0, 0.05) is 46.5 Å². The van der Waals surface area contributed by atoms with Crippen molar-refractivity contribution in [2.45, 2.75) is 50.3 Å². The number of hydrogen-bond acceptors (Lipinski definition) is 8. The predicted molar refractivity (Wildman–Crippen MR) is 149 cm³/mol. The third kappa shape index (κ3) is 4.34. The molecule has 202 valence electrons. The molecule has 0 saturated carbocycles. The number of pyridine rings is 1. The van der Waals surface area contributed by atoms with Gasteiger partial charge >= 0.3 is 0 Å². The number of piperidine rings is 1. The first-order valence-corrected chi connectivity index (χ1v) is 13.7. The van der Waals surface area contributed by atoms with Crippen LogP contribution in [0.25, 0.3) is 28.0 Å². The summed E-state index contributed by atoms with van der Waals surface area (Å²) >= 11 is 3.67. The van der Waals surface area contributed by atoms with Crippen molar-refractivity contribution in [3.05, 3.63) is 58.5 Å². The van der Waals surface area contributed by atoms with Crippen LogP contribution < -0.4 is 10.5 Å². The highest BCUT2D eigenvalue weighted by atomic mass is 79.9. The molecule has 2 fully saturated rings. The highest BCUT2D eigenvalue weighted by Gasteiger charge is 2.44. The number of nitrogens with two attached hydrogens (primary N) is 1. The van der Waals surface area contributed by atoms with Crippen LogP contribution in [0.4, 0.5) is 5.82 Å². The van der Waals surface area contributed by atoms with Gasteiger partial charge in [-0.2, -0.15) is 9.61 Å². The summed E-state index contributed by atoms with van der Waals surface area (Å²) < 4.78 is 7.66. The molecule has 1 aromatic carbocycles. The molecular formula is C28H29BrN6O4. The van der Waals surface area contributed by atoms with E-state index in [1.165, 1.54) is 0 Å². The number of fused-ring (bicyclic) bond motifs is 3. The van der Waals surface area contributed by atoms with Gasteiger partial charge in [-0.3, -0.25) is 9.78 Å². The molecule has 3 aromatic heterocycles. The Kier molecular flexibility index (Phi) is 6.74. The third-order valence-electron chi connectivity index (χ3n) is 8.01. The Morgan fingerprint density at radius 1 is 1.13 bits per heavy atom. The molecule has 1 amide bonds. The van der Waals surface area contributed by atoms with Crippen LogP contribution in [-0.2, 0) is 11.4 Å². The summed E-state index contributed by atoms with van der Waals surface area (Å²) in [5, 5.41) is 23.6. The van der Waals surface area contributed by atoms with E-state index in [1.807, 2.05) is 35.2 Å². The van der Waals surface area contributed by atoms with E-state index in [-0.39, 0.29) is 30.5 Å². The zero-order valence-electron chi connectivity index (χ0n) is 21.4. The number of hydrogen-bond donors (Lipinski definition) is 3. The number of anilines is 1. The summed E-state index contributed by atoms with van der Waals surface area (Å²) in [6.07, 6.45) is 6.96. The van der Waals surface area contributed by atoms with Crippen molar-refractivity contribution >= 4 is 33.3 Å². The van der Waals surface area contributed by atoms with Crippen LogP contribution >= 0.6 is 15.9 Å². The molecule has 0 unspecified atom stereocenters. The first kappa shape index (κ1) is 25.7. The molecule has 3 atom stereocenters. The lowest BCUT2D eigenvalue weighted by Crippen LogP contribution is -2.47. The molecule has 2 saturated heterocycles. The predicted octanol–water partition coefficient (Wildman–Crippen LogP) is 3.53. The molecule has 4 N–H and O–H groups in total. The quantitative estimate of drug-likeness (QED) is 0.309. The lowest BCUT2D eigenvalue weighted by Gasteiger charge is -2.38. The molecular weight excluding hydrogens is 564 g/mol. The first-order valence-electron chi connectivity index (χ1n) is 12.9. The highest BCUT2D eigenvalue weighted by Crippen LogP contribution is 2.45. The fourth-order valence-electron chi connectivity index (χ4n) is 6.16. The van der Waals surface area contributed by atoms with E-state index in [0.29, 0.717) is 22.8 Å². The number of aliphatic hydroxyl groups is 2. The Morgan fingerprint density at radius 2 is 1.87 bits per heavy atom. The van der Waals surface area contributed by atoms with Gasteiger partial charge in [0.25, 0.3) is 0 Å². The van der Waals surface area contributed by atoms with Crippen molar-refractivity contribution in [2.24, 2.45) is 0 Å². The normalized spacial score (nSPS) is 20.5. The fraction of sp³-hybridized carbons (Fsp3) is 0.357. The SMILES string of the molecule is COc1ccc(-c2ccc(-c3cnn4c(N)c(Br)c([C@@H]5C[C@H]6CC[C@@H](C5)N6C(=O)CO)nc34)cn2)cc1CO. The summed E-state index contributed by atoms with van der Waals surface area (Å²) in [4.78, 5) is 23.9.